The van der Waals surface area contributed by atoms with Crippen LogP contribution in [0, 0.1) is 11.8 Å². The van der Waals surface area contributed by atoms with Crippen molar-refractivity contribution in [2.45, 2.75) is 46.1 Å². The van der Waals surface area contributed by atoms with E-state index >= 15 is 0 Å². The first-order valence-corrected chi connectivity index (χ1v) is 11.3. The van der Waals surface area contributed by atoms with Gasteiger partial charge >= 0.3 is 0 Å². The lowest BCUT2D eigenvalue weighted by Crippen LogP contribution is -2.42. The van der Waals surface area contributed by atoms with E-state index in [2.05, 4.69) is 43.2 Å². The van der Waals surface area contributed by atoms with Crippen LogP contribution in [0.2, 0.25) is 0 Å². The van der Waals surface area contributed by atoms with E-state index in [0.29, 0.717) is 47.9 Å². The number of likely N-dealkylation sites (tertiary alicyclic amines) is 1. The second-order valence-electron chi connectivity index (χ2n) is 8.65. The Morgan fingerprint density at radius 2 is 1.71 bits per heavy atom. The fourth-order valence-electron chi connectivity index (χ4n) is 3.84. The van der Waals surface area contributed by atoms with Gasteiger partial charge in [-0.3, -0.25) is 4.79 Å². The van der Waals surface area contributed by atoms with E-state index in [1.807, 2.05) is 12.1 Å². The van der Waals surface area contributed by atoms with E-state index in [9.17, 15) is 4.79 Å². The Labute approximate surface area is 191 Å². The quantitative estimate of drug-likeness (QED) is 0.559. The van der Waals surface area contributed by atoms with Crippen molar-refractivity contribution in [1.82, 2.24) is 15.5 Å². The lowest BCUT2D eigenvalue weighted by atomic mass is 9.87. The molecular weight excluding hydrogens is 414 g/mol. The topological polar surface area (TPSA) is 72.1 Å². The predicted octanol–water partition coefficient (Wildman–Crippen LogP) is 3.17. The summed E-state index contributed by atoms with van der Waals surface area (Å²) < 4.78 is 16.5. The van der Waals surface area contributed by atoms with Gasteiger partial charge in [0.1, 0.15) is 0 Å². The normalized spacial score (nSPS) is 18.3. The summed E-state index contributed by atoms with van der Waals surface area (Å²) in [5, 5.41) is 7.08. The third-order valence-corrected chi connectivity index (χ3v) is 5.87. The smallest absolute Gasteiger partial charge is 0.225 e. The van der Waals surface area contributed by atoms with Crippen molar-refractivity contribution in [2.75, 3.05) is 41.0 Å². The Bertz CT molecular complexity index is 744. The molecule has 1 amide bonds. The molecular formula is C23H37N3O4S. The van der Waals surface area contributed by atoms with Gasteiger partial charge in [0, 0.05) is 31.6 Å². The van der Waals surface area contributed by atoms with Crippen molar-refractivity contribution in [1.29, 1.82) is 0 Å². The van der Waals surface area contributed by atoms with Crippen LogP contribution in [0.4, 0.5) is 0 Å². The Morgan fingerprint density at radius 1 is 1.10 bits per heavy atom. The molecule has 0 radical (unpaired) electrons. The summed E-state index contributed by atoms with van der Waals surface area (Å²) in [5.41, 5.74) is 0.966. The number of benzene rings is 1. The van der Waals surface area contributed by atoms with E-state index in [1.165, 1.54) is 0 Å². The highest BCUT2D eigenvalue weighted by molar-refractivity contribution is 7.80. The van der Waals surface area contributed by atoms with E-state index in [-0.39, 0.29) is 23.8 Å². The molecule has 2 N–H and O–H groups in total. The van der Waals surface area contributed by atoms with Crippen LogP contribution in [0.25, 0.3) is 0 Å². The van der Waals surface area contributed by atoms with E-state index in [0.717, 1.165) is 12.0 Å². The first-order chi connectivity index (χ1) is 14.7. The average molecular weight is 452 g/mol. The largest absolute Gasteiger partial charge is 0.493 e. The van der Waals surface area contributed by atoms with Crippen LogP contribution in [-0.4, -0.2) is 62.9 Å². The van der Waals surface area contributed by atoms with Gasteiger partial charge in [-0.05, 0) is 56.1 Å². The lowest BCUT2D eigenvalue weighted by Gasteiger charge is -2.22. The molecule has 0 spiro atoms. The van der Waals surface area contributed by atoms with Gasteiger partial charge in [-0.2, -0.15) is 0 Å². The van der Waals surface area contributed by atoms with Crippen LogP contribution in [-0.2, 0) is 4.79 Å². The van der Waals surface area contributed by atoms with E-state index in [1.54, 1.807) is 21.3 Å². The summed E-state index contributed by atoms with van der Waals surface area (Å²) in [6.07, 6.45) is 0.949. The Hall–Kier alpha value is -2.22. The molecule has 0 aromatic heterocycles. The van der Waals surface area contributed by atoms with Crippen molar-refractivity contribution < 1.29 is 19.0 Å². The molecule has 0 bridgehead atoms. The molecule has 1 fully saturated rings. The Balaban J connectivity index is 2.35. The van der Waals surface area contributed by atoms with Crippen LogP contribution in [0.15, 0.2) is 12.1 Å². The van der Waals surface area contributed by atoms with E-state index < -0.39 is 0 Å². The standard InChI is InChI=1S/C23H37N3O4S/c1-14(2)8-9-24-22(27)18-13-26(23(31)25-15(3)4)12-17(18)16-10-19(28-5)21(30-7)20(11-16)29-6/h10-11,14-15,17-18H,8-9,12-13H2,1-7H3,(H,24,27)(H,25,31)/t17-,18+/m1/s1. The van der Waals surface area contributed by atoms with E-state index in [4.69, 9.17) is 26.4 Å². The molecule has 1 aromatic rings. The average Bonchev–Trinajstić information content (AvgIpc) is 3.17. The second-order valence-corrected chi connectivity index (χ2v) is 9.04. The molecule has 1 saturated heterocycles. The number of methoxy groups -OCH3 is 3. The number of amides is 1. The highest BCUT2D eigenvalue weighted by Gasteiger charge is 2.40. The van der Waals surface area contributed by atoms with Gasteiger partial charge in [0.2, 0.25) is 11.7 Å². The Morgan fingerprint density at radius 3 is 2.19 bits per heavy atom. The monoisotopic (exact) mass is 451 g/mol. The number of thiocarbonyl (C=S) groups is 1. The highest BCUT2D eigenvalue weighted by Crippen LogP contribution is 2.43. The molecule has 1 aliphatic rings. The van der Waals surface area contributed by atoms with Crippen molar-refractivity contribution in [3.8, 4) is 17.2 Å². The lowest BCUT2D eigenvalue weighted by molar-refractivity contribution is -0.124. The Kier molecular flexibility index (Phi) is 9.22. The van der Waals surface area contributed by atoms with Crippen LogP contribution in [0.1, 0.15) is 45.6 Å². The molecule has 0 saturated carbocycles. The minimum Gasteiger partial charge on any atom is -0.493 e. The summed E-state index contributed by atoms with van der Waals surface area (Å²) >= 11 is 5.60. The zero-order valence-corrected chi connectivity index (χ0v) is 20.6. The number of carbonyl (C=O) groups is 1. The maximum Gasteiger partial charge on any atom is 0.225 e. The SMILES string of the molecule is COc1cc([C@H]2CN(C(=S)NC(C)C)C[C@@H]2C(=O)NCCC(C)C)cc(OC)c1OC. The first-order valence-electron chi connectivity index (χ1n) is 10.8. The molecule has 174 valence electrons. The third kappa shape index (κ3) is 6.38. The number of rotatable bonds is 9. The maximum atomic E-state index is 13.1. The zero-order chi connectivity index (χ0) is 23.1. The molecule has 1 heterocycles. The van der Waals surface area contributed by atoms with Gasteiger partial charge in [0.25, 0.3) is 0 Å². The molecule has 2 atom stereocenters. The molecule has 0 aliphatic carbocycles. The highest BCUT2D eigenvalue weighted by atomic mass is 32.1. The van der Waals surface area contributed by atoms with Gasteiger partial charge in [-0.25, -0.2) is 0 Å². The third-order valence-electron chi connectivity index (χ3n) is 5.49. The van der Waals surface area contributed by atoms with Gasteiger partial charge in [-0.1, -0.05) is 13.8 Å². The minimum absolute atomic E-state index is 0.0502. The van der Waals surface area contributed by atoms with Crippen molar-refractivity contribution in [2.24, 2.45) is 11.8 Å². The second kappa shape index (κ2) is 11.4. The summed E-state index contributed by atoms with van der Waals surface area (Å²) in [6, 6.07) is 4.09. The summed E-state index contributed by atoms with van der Waals surface area (Å²) in [4.78, 5) is 15.2. The fraction of sp³-hybridized carbons (Fsp3) is 0.652. The van der Waals surface area contributed by atoms with Gasteiger partial charge < -0.3 is 29.7 Å². The molecule has 8 heteroatoms. The number of nitrogens with zero attached hydrogens (tertiary/aromatic N) is 1. The van der Waals surface area contributed by atoms with Gasteiger partial charge in [-0.15, -0.1) is 0 Å². The van der Waals surface area contributed by atoms with Crippen molar-refractivity contribution in [3.63, 3.8) is 0 Å². The van der Waals surface area contributed by atoms with Crippen LogP contribution in [0.3, 0.4) is 0 Å². The number of hydrogen-bond donors (Lipinski definition) is 2. The summed E-state index contributed by atoms with van der Waals surface area (Å²) in [7, 11) is 4.78. The maximum absolute atomic E-state index is 13.1. The van der Waals surface area contributed by atoms with Gasteiger partial charge in [0.15, 0.2) is 16.6 Å². The molecule has 2 rings (SSSR count). The molecule has 7 nitrogen and oxygen atoms in total. The summed E-state index contributed by atoms with van der Waals surface area (Å²) in [6.45, 7) is 10.3. The fourth-order valence-corrected chi connectivity index (χ4v) is 4.23. The molecule has 31 heavy (non-hydrogen) atoms. The first kappa shape index (κ1) is 25.0. The molecule has 0 unspecified atom stereocenters. The number of carbonyl (C=O) groups excluding carboxylic acids is 1. The number of nitrogens with one attached hydrogen (secondary N) is 2. The van der Waals surface area contributed by atoms with Crippen LogP contribution < -0.4 is 24.8 Å². The summed E-state index contributed by atoms with van der Waals surface area (Å²) in [5.74, 6) is 2.00. The van der Waals surface area contributed by atoms with Crippen molar-refractivity contribution >= 4 is 23.2 Å². The minimum atomic E-state index is -0.234. The van der Waals surface area contributed by atoms with Gasteiger partial charge in [0.05, 0.1) is 27.2 Å². The number of hydrogen-bond acceptors (Lipinski definition) is 5. The molecule has 1 aliphatic heterocycles. The predicted molar refractivity (Wildman–Crippen MR) is 127 cm³/mol. The molecule has 1 aromatic carbocycles. The number of ether oxygens (including phenoxy) is 3. The van der Waals surface area contributed by atoms with Crippen LogP contribution in [0.5, 0.6) is 17.2 Å². The van der Waals surface area contributed by atoms with Crippen molar-refractivity contribution in [3.05, 3.63) is 17.7 Å². The zero-order valence-electron chi connectivity index (χ0n) is 19.8. The van der Waals surface area contributed by atoms with Crippen LogP contribution >= 0.6 is 12.2 Å².